The summed E-state index contributed by atoms with van der Waals surface area (Å²) in [4.78, 5) is 5.15. The minimum atomic E-state index is -0.195. The third-order valence-corrected chi connectivity index (χ3v) is 32.2. The predicted molar refractivity (Wildman–Crippen MR) is 539 cm³/mol. The van der Waals surface area contributed by atoms with Crippen molar-refractivity contribution in [1.82, 2.24) is 0 Å². The zero-order valence-electron chi connectivity index (χ0n) is 74.2. The third-order valence-electron chi connectivity index (χ3n) is 32.2. The lowest BCUT2D eigenvalue weighted by Crippen LogP contribution is -2.19. The highest BCUT2D eigenvalue weighted by atomic mass is 15.1. The zero-order valence-corrected chi connectivity index (χ0v) is 74.2. The quantitative estimate of drug-likeness (QED) is 0.142. The molecule has 15 aromatic carbocycles. The van der Waals surface area contributed by atoms with E-state index in [-0.39, 0.29) is 16.2 Å². The van der Waals surface area contributed by atoms with E-state index in [1.54, 1.807) is 33.4 Å². The molecule has 616 valence electrons. The number of nitrogens with zero attached hydrogens (tertiary/aromatic N) is 2. The second-order valence-corrected chi connectivity index (χ2v) is 40.0. The number of aryl methyl sites for hydroxylation is 6. The highest BCUT2D eigenvalue weighted by Crippen LogP contribution is 2.59. The Balaban J connectivity index is 0.000000141. The van der Waals surface area contributed by atoms with Crippen LogP contribution in [-0.2, 0) is 74.0 Å². The molecular formula is C126H102N2. The number of hydrogen-bond acceptors (Lipinski definition) is 2. The van der Waals surface area contributed by atoms with Crippen LogP contribution in [0.3, 0.4) is 0 Å². The lowest BCUT2D eigenvalue weighted by molar-refractivity contribution is 0.659. The van der Waals surface area contributed by atoms with Gasteiger partial charge in [0, 0.05) is 50.4 Å². The van der Waals surface area contributed by atoms with Crippen molar-refractivity contribution in [3.8, 4) is 33.4 Å². The number of benzene rings is 15. The van der Waals surface area contributed by atoms with Crippen LogP contribution < -0.4 is 9.80 Å². The second kappa shape index (κ2) is 28.7. The van der Waals surface area contributed by atoms with E-state index in [9.17, 15) is 0 Å². The molecule has 0 amide bonds. The maximum absolute atomic E-state index is 2.60. The van der Waals surface area contributed by atoms with E-state index in [0.29, 0.717) is 0 Å². The predicted octanol–water partition coefficient (Wildman–Crippen LogP) is 31.9. The summed E-state index contributed by atoms with van der Waals surface area (Å²) in [6.45, 7) is 14.6. The van der Waals surface area contributed by atoms with Gasteiger partial charge in [0.25, 0.3) is 0 Å². The fourth-order valence-electron chi connectivity index (χ4n) is 25.5. The van der Waals surface area contributed by atoms with Crippen molar-refractivity contribution >= 4 is 103 Å². The van der Waals surface area contributed by atoms with Crippen LogP contribution in [0.1, 0.15) is 230 Å². The summed E-state index contributed by atoms with van der Waals surface area (Å²) < 4.78 is 0. The maximum atomic E-state index is 2.60. The Morgan fingerprint density at radius 2 is 0.414 bits per heavy atom. The number of hydrogen-bond donors (Lipinski definition) is 0. The van der Waals surface area contributed by atoms with Crippen molar-refractivity contribution in [3.63, 3.8) is 0 Å². The van der Waals surface area contributed by atoms with Gasteiger partial charge < -0.3 is 9.80 Å². The van der Waals surface area contributed by atoms with Gasteiger partial charge >= 0.3 is 0 Å². The van der Waals surface area contributed by atoms with Gasteiger partial charge in [0.05, 0.1) is 0 Å². The molecule has 0 saturated carbocycles. The van der Waals surface area contributed by atoms with Crippen molar-refractivity contribution < 1.29 is 0 Å². The number of allylic oxidation sites excluding steroid dienone is 9. The molecule has 0 unspecified atom stereocenters. The number of anilines is 6. The van der Waals surface area contributed by atoms with E-state index in [0.717, 1.165) is 96.3 Å². The normalized spacial score (nSPS) is 17.1. The molecule has 128 heavy (non-hydrogen) atoms. The van der Waals surface area contributed by atoms with Crippen molar-refractivity contribution in [2.45, 2.75) is 154 Å². The molecule has 2 nitrogen and oxygen atoms in total. The standard InChI is InChI=1S/C72H57N.C54H45N/c1-70(2)64-37-49(52-31-43-13-7-8-14-44(43)32-52)19-25-58(64)61-28-22-55(40-67(61)70)73(56-23-29-62-59-26-20-50(38-65(59)71(3,4)68(62)41-56)53-33-45-15-9-10-16-46(45)34-53)57-24-30-63-60-27-21-51(39-66(60)72(5,6)69(63)42-57)54-35-47-17-11-12-18-48(47)36-54;1-4-10-43-34(7-1)15-24-50-46-30-23-40(31-39(46)20-29-47(43)50)55(41-21-13-37-18-25-48-44-11-5-2-8-35(44)16-27-51(48)53(37)32-41)42-22-14-38-19-26-49-45-12-6-3-9-36(45)17-28-52(49)54(38)33-42/h7-31,33,35,37-42H,32,34,36H2,1-6H3;1-14,21-23,30-33H,15-20,24-29H2. The largest absolute Gasteiger partial charge is 0.310 e. The molecule has 0 atom stereocenters. The molecule has 27 rings (SSSR count). The summed E-state index contributed by atoms with van der Waals surface area (Å²) in [5.74, 6) is 0. The Morgan fingerprint density at radius 3 is 0.742 bits per heavy atom. The van der Waals surface area contributed by atoms with E-state index < -0.39 is 0 Å². The molecule has 0 aromatic heterocycles. The first-order chi connectivity index (χ1) is 62.6. The molecule has 0 saturated heterocycles. The molecule has 12 aliphatic carbocycles. The van der Waals surface area contributed by atoms with Gasteiger partial charge in [-0.2, -0.15) is 0 Å². The molecule has 0 radical (unpaired) electrons. The lowest BCUT2D eigenvalue weighted by Gasteiger charge is -2.34. The van der Waals surface area contributed by atoms with Crippen molar-refractivity contribution in [1.29, 1.82) is 0 Å². The molecule has 0 heterocycles. The maximum Gasteiger partial charge on any atom is 0.0467 e. The van der Waals surface area contributed by atoms with Crippen LogP contribution in [0.4, 0.5) is 34.1 Å². The first kappa shape index (κ1) is 75.7. The second-order valence-electron chi connectivity index (χ2n) is 40.0. The van der Waals surface area contributed by atoms with Gasteiger partial charge in [-0.1, -0.05) is 278 Å². The summed E-state index contributed by atoms with van der Waals surface area (Å²) in [5, 5.41) is 0. The first-order valence-corrected chi connectivity index (χ1v) is 47.3. The number of fused-ring (bicyclic) bond motifs is 24. The molecule has 0 fully saturated rings. The molecule has 15 aromatic rings. The molecular weight excluding hydrogens is 1540 g/mol. The van der Waals surface area contributed by atoms with Crippen LogP contribution in [0.2, 0.25) is 0 Å². The Morgan fingerprint density at radius 1 is 0.180 bits per heavy atom. The Hall–Kier alpha value is -13.7. The van der Waals surface area contributed by atoms with Gasteiger partial charge in [-0.3, -0.25) is 0 Å². The molecule has 0 aliphatic heterocycles. The lowest BCUT2D eigenvalue weighted by atomic mass is 9.75. The minimum absolute atomic E-state index is 0.195. The van der Waals surface area contributed by atoms with E-state index >= 15 is 0 Å². The fraction of sp³-hybridized carbons (Fsp3) is 0.190. The van der Waals surface area contributed by atoms with Gasteiger partial charge in [0.15, 0.2) is 0 Å². The third kappa shape index (κ3) is 11.8. The summed E-state index contributed by atoms with van der Waals surface area (Å²) >= 11 is 0. The van der Waals surface area contributed by atoms with Gasteiger partial charge in [-0.15, -0.1) is 0 Å². The molecule has 0 bridgehead atoms. The van der Waals surface area contributed by atoms with E-state index in [1.807, 2.05) is 0 Å². The van der Waals surface area contributed by atoms with Gasteiger partial charge in [0.1, 0.15) is 0 Å². The summed E-state index contributed by atoms with van der Waals surface area (Å²) in [6, 6.07) is 120. The summed E-state index contributed by atoms with van der Waals surface area (Å²) in [7, 11) is 0. The Bertz CT molecular complexity index is 7080. The number of rotatable bonds is 9. The van der Waals surface area contributed by atoms with Crippen molar-refractivity contribution in [2.24, 2.45) is 0 Å². The van der Waals surface area contributed by atoms with Gasteiger partial charge in [-0.25, -0.2) is 0 Å². The van der Waals surface area contributed by atoms with Crippen LogP contribution in [-0.4, -0.2) is 0 Å². The van der Waals surface area contributed by atoms with Crippen LogP contribution in [0, 0.1) is 0 Å². The van der Waals surface area contributed by atoms with Crippen LogP contribution in [0.25, 0.3) is 102 Å². The zero-order chi connectivity index (χ0) is 85.2. The van der Waals surface area contributed by atoms with Crippen molar-refractivity contribution in [2.75, 3.05) is 9.80 Å². The topological polar surface area (TPSA) is 6.48 Å². The first-order valence-electron chi connectivity index (χ1n) is 47.3. The van der Waals surface area contributed by atoms with Crippen LogP contribution in [0.5, 0.6) is 0 Å². The van der Waals surface area contributed by atoms with Crippen LogP contribution in [0.15, 0.2) is 309 Å². The van der Waals surface area contributed by atoms with Crippen LogP contribution >= 0.6 is 0 Å². The van der Waals surface area contributed by atoms with Crippen molar-refractivity contribution in [3.05, 3.63) is 460 Å². The molecule has 0 N–H and O–H groups in total. The average Bonchev–Trinajstić information content (AvgIpc) is 1.57. The molecule has 0 spiro atoms. The van der Waals surface area contributed by atoms with E-state index in [4.69, 9.17) is 0 Å². The monoisotopic (exact) mass is 1640 g/mol. The van der Waals surface area contributed by atoms with Gasteiger partial charge in [0.2, 0.25) is 0 Å². The Labute approximate surface area is 754 Å². The average molecular weight is 1640 g/mol. The van der Waals surface area contributed by atoms with Gasteiger partial charge in [-0.05, 0) is 421 Å². The highest BCUT2D eigenvalue weighted by molar-refractivity contribution is 6.03. The molecule has 2 heteroatoms. The highest BCUT2D eigenvalue weighted by Gasteiger charge is 2.42. The van der Waals surface area contributed by atoms with E-state index in [2.05, 4.69) is 379 Å². The minimum Gasteiger partial charge on any atom is -0.310 e. The SMILES string of the molecule is CC1(C)c2cc(C3=Cc4ccccc4C3)ccc2-c2ccc(N(c3ccc4c(c3)C(C)(C)c3cc(C5=Cc6ccccc6C5)ccc3-4)c3ccc4c(c3)C(C)(C)c3cc(C5=Cc6ccccc6C5)ccc3-4)cc21.c1ccc2c(c1)CCC1=C2CCc2cc(N(c3ccc4c(c3)C3=C(CC4)c4ccccc4CC3)c3ccc4c(c3)C3=C(CC4)c4ccccc4CC3)ccc21. The smallest absolute Gasteiger partial charge is 0.0467 e. The fourth-order valence-corrected chi connectivity index (χ4v) is 25.5. The van der Waals surface area contributed by atoms with E-state index in [1.165, 1.54) is 234 Å². The Kier molecular flexibility index (Phi) is 16.9. The summed E-state index contributed by atoms with van der Waals surface area (Å²) in [6.07, 6.45) is 23.6. The summed E-state index contributed by atoms with van der Waals surface area (Å²) in [5.41, 5.74) is 67.1. The molecule has 12 aliphatic rings.